The van der Waals surface area contributed by atoms with Gasteiger partial charge in [0.15, 0.2) is 0 Å². The normalized spacial score (nSPS) is 12.2. The quantitative estimate of drug-likeness (QED) is 0.710. The largest absolute Gasteiger partial charge is 0.492 e. The molecule has 0 fully saturated rings. The van der Waals surface area contributed by atoms with Crippen LogP contribution in [0.25, 0.3) is 0 Å². The van der Waals surface area contributed by atoms with Crippen LogP contribution in [-0.2, 0) is 0 Å². The minimum absolute atomic E-state index is 0.480. The Balaban J connectivity index is 2.61. The number of hydrogen-bond donors (Lipinski definition) is 2. The Kier molecular flexibility index (Phi) is 5.67. The highest BCUT2D eigenvalue weighted by Gasteiger charge is 2.05. The van der Waals surface area contributed by atoms with Crippen molar-refractivity contribution in [3.63, 3.8) is 0 Å². The van der Waals surface area contributed by atoms with Gasteiger partial charge in [-0.1, -0.05) is 19.8 Å². The van der Waals surface area contributed by atoms with Crippen molar-refractivity contribution in [1.29, 1.82) is 0 Å². The van der Waals surface area contributed by atoms with Gasteiger partial charge in [0, 0.05) is 17.8 Å². The Morgan fingerprint density at radius 3 is 2.76 bits per heavy atom. The first-order valence-corrected chi connectivity index (χ1v) is 6.46. The summed E-state index contributed by atoms with van der Waals surface area (Å²) in [6.07, 6.45) is 3.67. The molecule has 1 aromatic rings. The van der Waals surface area contributed by atoms with Crippen LogP contribution in [-0.4, -0.2) is 12.6 Å². The Morgan fingerprint density at radius 1 is 1.35 bits per heavy atom. The van der Waals surface area contributed by atoms with E-state index in [1.54, 1.807) is 0 Å². The van der Waals surface area contributed by atoms with Crippen molar-refractivity contribution in [2.75, 3.05) is 17.7 Å². The standard InChI is InChI=1S/C14H24N2O/c1-4-6-7-11(3)16-12-8-9-13(15)14(10-12)17-5-2/h8-11,16H,4-7,15H2,1-3H3. The molecule has 1 atom stereocenters. The molecule has 0 aliphatic heterocycles. The van der Waals surface area contributed by atoms with Crippen LogP contribution < -0.4 is 15.8 Å². The summed E-state index contributed by atoms with van der Waals surface area (Å²) in [5.41, 5.74) is 7.60. The molecular formula is C14H24N2O. The van der Waals surface area contributed by atoms with E-state index in [1.165, 1.54) is 19.3 Å². The summed E-state index contributed by atoms with van der Waals surface area (Å²) >= 11 is 0. The van der Waals surface area contributed by atoms with Crippen LogP contribution in [0.1, 0.15) is 40.0 Å². The minimum atomic E-state index is 0.480. The molecule has 17 heavy (non-hydrogen) atoms. The fraction of sp³-hybridized carbons (Fsp3) is 0.571. The van der Waals surface area contributed by atoms with Crippen molar-refractivity contribution in [1.82, 2.24) is 0 Å². The number of nitrogens with one attached hydrogen (secondary N) is 1. The Labute approximate surface area is 104 Å². The molecule has 1 aromatic carbocycles. The van der Waals surface area contributed by atoms with Gasteiger partial charge in [0.25, 0.3) is 0 Å². The van der Waals surface area contributed by atoms with E-state index < -0.39 is 0 Å². The fourth-order valence-corrected chi connectivity index (χ4v) is 1.77. The monoisotopic (exact) mass is 236 g/mol. The number of anilines is 2. The smallest absolute Gasteiger partial charge is 0.144 e. The van der Waals surface area contributed by atoms with Crippen LogP contribution in [0.5, 0.6) is 5.75 Å². The molecule has 96 valence electrons. The highest BCUT2D eigenvalue weighted by Crippen LogP contribution is 2.26. The maximum absolute atomic E-state index is 5.83. The maximum Gasteiger partial charge on any atom is 0.144 e. The van der Waals surface area contributed by atoms with E-state index in [1.807, 2.05) is 25.1 Å². The van der Waals surface area contributed by atoms with Gasteiger partial charge in [-0.2, -0.15) is 0 Å². The van der Waals surface area contributed by atoms with E-state index in [0.717, 1.165) is 11.4 Å². The zero-order chi connectivity index (χ0) is 12.7. The second kappa shape index (κ2) is 7.05. The average molecular weight is 236 g/mol. The summed E-state index contributed by atoms with van der Waals surface area (Å²) in [7, 11) is 0. The number of rotatable bonds is 7. The Bertz CT molecular complexity index is 339. The van der Waals surface area contributed by atoms with Gasteiger partial charge in [-0.05, 0) is 32.4 Å². The van der Waals surface area contributed by atoms with Crippen molar-refractivity contribution in [2.24, 2.45) is 0 Å². The molecule has 1 rings (SSSR count). The first-order valence-electron chi connectivity index (χ1n) is 6.46. The molecular weight excluding hydrogens is 212 g/mol. The molecule has 0 aliphatic carbocycles. The maximum atomic E-state index is 5.83. The van der Waals surface area contributed by atoms with Gasteiger partial charge in [-0.15, -0.1) is 0 Å². The van der Waals surface area contributed by atoms with Crippen LogP contribution in [0.2, 0.25) is 0 Å². The third kappa shape index (κ3) is 4.55. The molecule has 1 unspecified atom stereocenters. The van der Waals surface area contributed by atoms with Gasteiger partial charge >= 0.3 is 0 Å². The van der Waals surface area contributed by atoms with Crippen molar-refractivity contribution < 1.29 is 4.74 Å². The second-order valence-corrected chi connectivity index (χ2v) is 4.37. The van der Waals surface area contributed by atoms with E-state index in [-0.39, 0.29) is 0 Å². The highest BCUT2D eigenvalue weighted by molar-refractivity contribution is 5.61. The molecule has 0 amide bonds. The molecule has 3 N–H and O–H groups in total. The third-order valence-corrected chi connectivity index (χ3v) is 2.72. The predicted octanol–water partition coefficient (Wildman–Crippen LogP) is 3.66. The van der Waals surface area contributed by atoms with Crippen LogP contribution in [0.4, 0.5) is 11.4 Å². The van der Waals surface area contributed by atoms with Gasteiger partial charge in [0.05, 0.1) is 12.3 Å². The summed E-state index contributed by atoms with van der Waals surface area (Å²) in [6, 6.07) is 6.34. The highest BCUT2D eigenvalue weighted by atomic mass is 16.5. The van der Waals surface area contributed by atoms with Crippen LogP contribution in [0, 0.1) is 0 Å². The van der Waals surface area contributed by atoms with E-state index in [2.05, 4.69) is 19.2 Å². The number of unbranched alkanes of at least 4 members (excludes halogenated alkanes) is 1. The zero-order valence-corrected chi connectivity index (χ0v) is 11.1. The van der Waals surface area contributed by atoms with E-state index in [0.29, 0.717) is 18.3 Å². The van der Waals surface area contributed by atoms with Gasteiger partial charge in [-0.25, -0.2) is 0 Å². The topological polar surface area (TPSA) is 47.3 Å². The summed E-state index contributed by atoms with van der Waals surface area (Å²) in [4.78, 5) is 0. The number of ether oxygens (including phenoxy) is 1. The van der Waals surface area contributed by atoms with E-state index in [4.69, 9.17) is 10.5 Å². The van der Waals surface area contributed by atoms with Gasteiger partial charge < -0.3 is 15.8 Å². The lowest BCUT2D eigenvalue weighted by molar-refractivity contribution is 0.342. The molecule has 0 saturated carbocycles. The lowest BCUT2D eigenvalue weighted by Crippen LogP contribution is -2.14. The molecule has 0 saturated heterocycles. The number of hydrogen-bond acceptors (Lipinski definition) is 3. The van der Waals surface area contributed by atoms with Crippen molar-refractivity contribution in [2.45, 2.75) is 46.1 Å². The minimum Gasteiger partial charge on any atom is -0.492 e. The molecule has 0 heterocycles. The van der Waals surface area contributed by atoms with Crippen LogP contribution in [0.3, 0.4) is 0 Å². The summed E-state index contributed by atoms with van der Waals surface area (Å²) in [5, 5.41) is 3.47. The number of nitrogens with two attached hydrogens (primary N) is 1. The Morgan fingerprint density at radius 2 is 2.12 bits per heavy atom. The van der Waals surface area contributed by atoms with Crippen LogP contribution in [0.15, 0.2) is 18.2 Å². The van der Waals surface area contributed by atoms with Gasteiger partial charge in [0.2, 0.25) is 0 Å². The zero-order valence-electron chi connectivity index (χ0n) is 11.1. The molecule has 0 spiro atoms. The van der Waals surface area contributed by atoms with Gasteiger partial charge in [-0.3, -0.25) is 0 Å². The summed E-state index contributed by atoms with van der Waals surface area (Å²) < 4.78 is 5.48. The molecule has 0 aliphatic rings. The molecule has 0 bridgehead atoms. The Hall–Kier alpha value is -1.38. The first-order chi connectivity index (χ1) is 8.17. The average Bonchev–Trinajstić information content (AvgIpc) is 2.31. The van der Waals surface area contributed by atoms with E-state index >= 15 is 0 Å². The summed E-state index contributed by atoms with van der Waals surface area (Å²) in [6.45, 7) is 7.01. The lowest BCUT2D eigenvalue weighted by Gasteiger charge is -2.16. The third-order valence-electron chi connectivity index (χ3n) is 2.72. The van der Waals surface area contributed by atoms with Crippen molar-refractivity contribution >= 4 is 11.4 Å². The number of nitrogen functional groups attached to an aromatic ring is 1. The predicted molar refractivity (Wildman–Crippen MR) is 74.6 cm³/mol. The molecule has 0 radical (unpaired) electrons. The summed E-state index contributed by atoms with van der Waals surface area (Å²) in [5.74, 6) is 0.764. The van der Waals surface area contributed by atoms with E-state index in [9.17, 15) is 0 Å². The molecule has 0 aromatic heterocycles. The van der Waals surface area contributed by atoms with Crippen LogP contribution >= 0.6 is 0 Å². The number of benzene rings is 1. The van der Waals surface area contributed by atoms with Crippen molar-refractivity contribution in [3.8, 4) is 5.75 Å². The lowest BCUT2D eigenvalue weighted by atomic mass is 10.1. The fourth-order valence-electron chi connectivity index (χ4n) is 1.77. The first kappa shape index (κ1) is 13.7. The van der Waals surface area contributed by atoms with Crippen molar-refractivity contribution in [3.05, 3.63) is 18.2 Å². The van der Waals surface area contributed by atoms with Gasteiger partial charge in [0.1, 0.15) is 5.75 Å². The second-order valence-electron chi connectivity index (χ2n) is 4.37. The SMILES string of the molecule is CCCCC(C)Nc1ccc(N)c(OCC)c1. The molecule has 3 nitrogen and oxygen atoms in total. The molecule has 3 heteroatoms.